The van der Waals surface area contributed by atoms with E-state index >= 15 is 0 Å². The van der Waals surface area contributed by atoms with Gasteiger partial charge in [-0.2, -0.15) is 13.2 Å². The van der Waals surface area contributed by atoms with Crippen LogP contribution in [0, 0.1) is 0 Å². The Hall–Kier alpha value is -1.93. The second kappa shape index (κ2) is 7.13. The smallest absolute Gasteiger partial charge is 0.383 e. The molecule has 2 aromatic rings. The third-order valence-corrected chi connectivity index (χ3v) is 5.07. The lowest BCUT2D eigenvalue weighted by Crippen LogP contribution is -2.38. The quantitative estimate of drug-likeness (QED) is 0.814. The Morgan fingerprint density at radius 3 is 2.72 bits per heavy atom. The van der Waals surface area contributed by atoms with Crippen molar-refractivity contribution in [1.82, 2.24) is 9.88 Å². The van der Waals surface area contributed by atoms with E-state index in [9.17, 15) is 18.0 Å². The Morgan fingerprint density at radius 1 is 1.36 bits per heavy atom. The highest BCUT2D eigenvalue weighted by Gasteiger charge is 2.31. The van der Waals surface area contributed by atoms with Gasteiger partial charge in [-0.1, -0.05) is 12.1 Å². The van der Waals surface area contributed by atoms with Gasteiger partial charge >= 0.3 is 6.18 Å². The fraction of sp³-hybridized carbons (Fsp3) is 0.412. The van der Waals surface area contributed by atoms with E-state index in [0.29, 0.717) is 29.4 Å². The van der Waals surface area contributed by atoms with Gasteiger partial charge in [-0.25, -0.2) is 4.98 Å². The number of rotatable bonds is 4. The van der Waals surface area contributed by atoms with Crippen LogP contribution in [-0.4, -0.2) is 42.1 Å². The zero-order valence-corrected chi connectivity index (χ0v) is 14.4. The van der Waals surface area contributed by atoms with Gasteiger partial charge in [0.25, 0.3) is 5.91 Å². The van der Waals surface area contributed by atoms with Crippen LogP contribution in [0.25, 0.3) is 10.6 Å². The van der Waals surface area contributed by atoms with Crippen molar-refractivity contribution in [3.63, 3.8) is 0 Å². The molecule has 1 saturated heterocycles. The van der Waals surface area contributed by atoms with E-state index in [0.717, 1.165) is 25.0 Å². The summed E-state index contributed by atoms with van der Waals surface area (Å²) in [7, 11) is 1.60. The zero-order chi connectivity index (χ0) is 18.0. The average molecular weight is 370 g/mol. The van der Waals surface area contributed by atoms with Gasteiger partial charge in [0.1, 0.15) is 10.7 Å². The Morgan fingerprint density at radius 2 is 2.08 bits per heavy atom. The summed E-state index contributed by atoms with van der Waals surface area (Å²) in [6.07, 6.45) is -2.54. The minimum absolute atomic E-state index is 0.0497. The van der Waals surface area contributed by atoms with Crippen molar-refractivity contribution in [3.8, 4) is 10.6 Å². The summed E-state index contributed by atoms with van der Waals surface area (Å²) in [5.74, 6) is -0.158. The number of nitrogens with zero attached hydrogens (tertiary/aromatic N) is 2. The average Bonchev–Trinajstić information content (AvgIpc) is 3.23. The Balaban J connectivity index is 1.77. The lowest BCUT2D eigenvalue weighted by atomic mass is 10.1. The van der Waals surface area contributed by atoms with Crippen LogP contribution in [0.1, 0.15) is 28.9 Å². The molecule has 1 aliphatic rings. The number of hydrogen-bond donors (Lipinski definition) is 0. The minimum Gasteiger partial charge on any atom is -0.383 e. The normalized spacial score (nSPS) is 17.9. The molecule has 1 aromatic carbocycles. The van der Waals surface area contributed by atoms with E-state index in [1.54, 1.807) is 17.4 Å². The van der Waals surface area contributed by atoms with Gasteiger partial charge in [-0.05, 0) is 25.0 Å². The van der Waals surface area contributed by atoms with Crippen molar-refractivity contribution in [3.05, 3.63) is 40.9 Å². The van der Waals surface area contributed by atoms with Gasteiger partial charge in [-0.3, -0.25) is 4.79 Å². The number of amides is 1. The second-order valence-corrected chi connectivity index (χ2v) is 6.72. The van der Waals surface area contributed by atoms with Crippen molar-refractivity contribution in [1.29, 1.82) is 0 Å². The van der Waals surface area contributed by atoms with Crippen LogP contribution >= 0.6 is 11.3 Å². The van der Waals surface area contributed by atoms with Gasteiger partial charge in [0.15, 0.2) is 0 Å². The van der Waals surface area contributed by atoms with E-state index in [2.05, 4.69) is 4.98 Å². The highest BCUT2D eigenvalue weighted by Crippen LogP contribution is 2.32. The molecule has 3 rings (SSSR count). The molecule has 0 spiro atoms. The van der Waals surface area contributed by atoms with Gasteiger partial charge in [0, 0.05) is 24.6 Å². The van der Waals surface area contributed by atoms with Crippen molar-refractivity contribution in [2.45, 2.75) is 25.1 Å². The molecule has 0 N–H and O–H groups in total. The number of aromatic nitrogens is 1. The highest BCUT2D eigenvalue weighted by atomic mass is 32.1. The van der Waals surface area contributed by atoms with Crippen molar-refractivity contribution in [2.75, 3.05) is 20.3 Å². The first-order valence-corrected chi connectivity index (χ1v) is 8.71. The third-order valence-electron chi connectivity index (χ3n) is 4.18. The molecule has 0 unspecified atom stereocenters. The summed E-state index contributed by atoms with van der Waals surface area (Å²) >= 11 is 1.25. The molecule has 0 radical (unpaired) electrons. The van der Waals surface area contributed by atoms with Crippen LogP contribution in [0.5, 0.6) is 0 Å². The van der Waals surface area contributed by atoms with E-state index in [1.165, 1.54) is 23.5 Å². The predicted molar refractivity (Wildman–Crippen MR) is 88.5 cm³/mol. The fourth-order valence-electron chi connectivity index (χ4n) is 2.92. The number of carbonyl (C=O) groups excluding carboxylic acids is 1. The molecule has 25 heavy (non-hydrogen) atoms. The summed E-state index contributed by atoms with van der Waals surface area (Å²) in [4.78, 5) is 18.7. The highest BCUT2D eigenvalue weighted by molar-refractivity contribution is 7.13. The predicted octanol–water partition coefficient (Wildman–Crippen LogP) is 4.08. The first kappa shape index (κ1) is 17.9. The molecule has 4 nitrogen and oxygen atoms in total. The van der Waals surface area contributed by atoms with Crippen molar-refractivity contribution >= 4 is 17.2 Å². The Bertz CT molecular complexity index is 743. The van der Waals surface area contributed by atoms with Crippen LogP contribution in [-0.2, 0) is 10.9 Å². The standard InChI is InChI=1S/C17H17F3N2O2S/c1-24-9-13-3-2-8-22(13)16(23)14-10-25-15(21-14)11-4-6-12(7-5-11)17(18,19)20/h4-7,10,13H,2-3,8-9H2,1H3/t13-/m0/s1. The molecule has 1 aliphatic heterocycles. The monoisotopic (exact) mass is 370 g/mol. The SMILES string of the molecule is COC[C@@H]1CCCN1C(=O)c1csc(-c2ccc(C(F)(F)F)cc2)n1. The maximum atomic E-state index is 12.6. The minimum atomic E-state index is -4.37. The number of ether oxygens (including phenoxy) is 1. The molecule has 0 bridgehead atoms. The largest absolute Gasteiger partial charge is 0.416 e. The molecular formula is C17H17F3N2O2S. The van der Waals surface area contributed by atoms with Gasteiger partial charge in [0.2, 0.25) is 0 Å². The molecular weight excluding hydrogens is 353 g/mol. The van der Waals surface area contributed by atoms with Crippen LogP contribution < -0.4 is 0 Å². The van der Waals surface area contributed by atoms with Crippen LogP contribution in [0.3, 0.4) is 0 Å². The van der Waals surface area contributed by atoms with Gasteiger partial charge in [-0.15, -0.1) is 11.3 Å². The number of carbonyl (C=O) groups is 1. The lowest BCUT2D eigenvalue weighted by molar-refractivity contribution is -0.137. The number of hydrogen-bond acceptors (Lipinski definition) is 4. The number of halogens is 3. The molecule has 1 atom stereocenters. The summed E-state index contributed by atoms with van der Waals surface area (Å²) < 4.78 is 43.0. The van der Waals surface area contributed by atoms with E-state index in [1.807, 2.05) is 0 Å². The van der Waals surface area contributed by atoms with Gasteiger partial charge in [0.05, 0.1) is 18.2 Å². The number of likely N-dealkylation sites (tertiary alicyclic amines) is 1. The number of thiazole rings is 1. The van der Waals surface area contributed by atoms with Crippen LogP contribution in [0.2, 0.25) is 0 Å². The molecule has 0 aliphatic carbocycles. The first-order chi connectivity index (χ1) is 11.9. The van der Waals surface area contributed by atoms with Crippen molar-refractivity contribution < 1.29 is 22.7 Å². The maximum absolute atomic E-state index is 12.6. The molecule has 2 heterocycles. The first-order valence-electron chi connectivity index (χ1n) is 7.83. The second-order valence-electron chi connectivity index (χ2n) is 5.86. The topological polar surface area (TPSA) is 42.4 Å². The molecule has 134 valence electrons. The lowest BCUT2D eigenvalue weighted by Gasteiger charge is -2.23. The third kappa shape index (κ3) is 3.85. The molecule has 1 fully saturated rings. The molecule has 8 heteroatoms. The zero-order valence-electron chi connectivity index (χ0n) is 13.5. The summed E-state index contributed by atoms with van der Waals surface area (Å²) in [5, 5.41) is 2.18. The Kier molecular flexibility index (Phi) is 5.10. The molecule has 1 aromatic heterocycles. The molecule has 0 saturated carbocycles. The van der Waals surface area contributed by atoms with Gasteiger partial charge < -0.3 is 9.64 Å². The van der Waals surface area contributed by atoms with Crippen LogP contribution in [0.15, 0.2) is 29.6 Å². The summed E-state index contributed by atoms with van der Waals surface area (Å²) in [6.45, 7) is 1.15. The van der Waals surface area contributed by atoms with E-state index in [-0.39, 0.29) is 11.9 Å². The number of methoxy groups -OCH3 is 1. The number of benzene rings is 1. The summed E-state index contributed by atoms with van der Waals surface area (Å²) in [5.41, 5.74) is 0.179. The summed E-state index contributed by atoms with van der Waals surface area (Å²) in [6, 6.07) is 4.84. The van der Waals surface area contributed by atoms with Crippen molar-refractivity contribution in [2.24, 2.45) is 0 Å². The molecule has 1 amide bonds. The van der Waals surface area contributed by atoms with Crippen LogP contribution in [0.4, 0.5) is 13.2 Å². The van der Waals surface area contributed by atoms with E-state index in [4.69, 9.17) is 4.74 Å². The number of alkyl halides is 3. The fourth-order valence-corrected chi connectivity index (χ4v) is 3.72. The Labute approximate surface area is 147 Å². The van der Waals surface area contributed by atoms with E-state index < -0.39 is 11.7 Å². The maximum Gasteiger partial charge on any atom is 0.416 e.